The van der Waals surface area contributed by atoms with Gasteiger partial charge in [0.2, 0.25) is 0 Å². The molecule has 1 aromatic carbocycles. The van der Waals surface area contributed by atoms with Gasteiger partial charge in [-0.05, 0) is 34.7 Å². The van der Waals surface area contributed by atoms with Crippen molar-refractivity contribution in [1.82, 2.24) is 20.2 Å². The van der Waals surface area contributed by atoms with Crippen LogP contribution in [-0.2, 0) is 6.54 Å². The molecular formula is C12H10N6O3. The molecule has 0 radical (unpaired) electrons. The Balaban J connectivity index is 1.70. The highest BCUT2D eigenvalue weighted by molar-refractivity contribution is 5.50. The number of nitrogens with one attached hydrogen (secondary N) is 1. The van der Waals surface area contributed by atoms with E-state index in [1.165, 1.54) is 17.1 Å². The molecule has 2 aromatic heterocycles. The van der Waals surface area contributed by atoms with Crippen LogP contribution in [0.3, 0.4) is 0 Å². The zero-order valence-electron chi connectivity index (χ0n) is 10.7. The highest BCUT2D eigenvalue weighted by atomic mass is 16.6. The first-order valence-electron chi connectivity index (χ1n) is 6.03. The summed E-state index contributed by atoms with van der Waals surface area (Å²) in [6.07, 6.45) is 1.50. The Morgan fingerprint density at radius 2 is 2.24 bits per heavy atom. The summed E-state index contributed by atoms with van der Waals surface area (Å²) in [6.45, 7) is 0.340. The standard InChI is InChI=1S/C12H10N6O3/c19-18(20)12-5-4-11(21-12)7-13-9-2-1-3-10(6-9)17-8-14-15-16-17/h1-6,8,13H,7H2. The van der Waals surface area contributed by atoms with E-state index in [0.717, 1.165) is 11.4 Å². The summed E-state index contributed by atoms with van der Waals surface area (Å²) in [6, 6.07) is 10.3. The lowest BCUT2D eigenvalue weighted by Crippen LogP contribution is -2.00. The molecule has 3 rings (SSSR count). The number of nitrogens with zero attached hydrogens (tertiary/aromatic N) is 5. The molecule has 0 aliphatic heterocycles. The molecule has 0 atom stereocenters. The highest BCUT2D eigenvalue weighted by Gasteiger charge is 2.11. The van der Waals surface area contributed by atoms with Crippen LogP contribution in [0, 0.1) is 10.1 Å². The first kappa shape index (κ1) is 12.8. The quantitative estimate of drug-likeness (QED) is 0.561. The Morgan fingerprint density at radius 3 is 2.95 bits per heavy atom. The van der Waals surface area contributed by atoms with Gasteiger partial charge in [-0.1, -0.05) is 6.07 Å². The fourth-order valence-corrected chi connectivity index (χ4v) is 1.79. The van der Waals surface area contributed by atoms with Crippen molar-refractivity contribution in [2.45, 2.75) is 6.54 Å². The Kier molecular flexibility index (Phi) is 3.29. The van der Waals surface area contributed by atoms with E-state index in [-0.39, 0.29) is 5.88 Å². The topological polar surface area (TPSA) is 112 Å². The summed E-state index contributed by atoms with van der Waals surface area (Å²) in [5, 5.41) is 24.6. The van der Waals surface area contributed by atoms with E-state index in [2.05, 4.69) is 20.8 Å². The number of benzene rings is 1. The van der Waals surface area contributed by atoms with Gasteiger partial charge in [0.1, 0.15) is 17.0 Å². The van der Waals surface area contributed by atoms with Crippen molar-refractivity contribution in [3.05, 3.63) is 58.6 Å². The molecule has 0 saturated heterocycles. The van der Waals surface area contributed by atoms with Crippen LogP contribution in [-0.4, -0.2) is 25.1 Å². The Hall–Kier alpha value is -3.23. The maximum absolute atomic E-state index is 10.5. The van der Waals surface area contributed by atoms with E-state index in [4.69, 9.17) is 4.42 Å². The molecule has 106 valence electrons. The Morgan fingerprint density at radius 1 is 1.33 bits per heavy atom. The van der Waals surface area contributed by atoms with E-state index in [0.29, 0.717) is 12.3 Å². The Labute approximate surface area is 118 Å². The molecule has 0 fully saturated rings. The fraction of sp³-hybridized carbons (Fsp3) is 0.0833. The largest absolute Gasteiger partial charge is 0.433 e. The first-order chi connectivity index (χ1) is 10.2. The number of furan rings is 1. The molecule has 0 aliphatic carbocycles. The van der Waals surface area contributed by atoms with Crippen LogP contribution in [0.5, 0.6) is 0 Å². The lowest BCUT2D eigenvalue weighted by atomic mass is 10.2. The van der Waals surface area contributed by atoms with Crippen molar-refractivity contribution in [2.24, 2.45) is 0 Å². The van der Waals surface area contributed by atoms with Gasteiger partial charge in [0.05, 0.1) is 18.3 Å². The molecule has 9 heteroatoms. The number of tetrazole rings is 1. The predicted molar refractivity (Wildman–Crippen MR) is 71.8 cm³/mol. The van der Waals surface area contributed by atoms with Gasteiger partial charge >= 0.3 is 5.88 Å². The molecular weight excluding hydrogens is 276 g/mol. The van der Waals surface area contributed by atoms with Gasteiger partial charge < -0.3 is 9.73 Å². The normalized spacial score (nSPS) is 10.5. The average Bonchev–Trinajstić information content (AvgIpc) is 3.17. The van der Waals surface area contributed by atoms with Crippen LogP contribution in [0.15, 0.2) is 47.1 Å². The minimum absolute atomic E-state index is 0.269. The molecule has 0 saturated carbocycles. The van der Waals surface area contributed by atoms with Crippen molar-refractivity contribution in [1.29, 1.82) is 0 Å². The number of anilines is 1. The fourth-order valence-electron chi connectivity index (χ4n) is 1.79. The van der Waals surface area contributed by atoms with Gasteiger partial charge in [-0.15, -0.1) is 5.10 Å². The molecule has 0 spiro atoms. The van der Waals surface area contributed by atoms with Crippen LogP contribution in [0.2, 0.25) is 0 Å². The van der Waals surface area contributed by atoms with E-state index < -0.39 is 4.92 Å². The third-order valence-corrected chi connectivity index (χ3v) is 2.75. The lowest BCUT2D eigenvalue weighted by molar-refractivity contribution is -0.402. The van der Waals surface area contributed by atoms with E-state index >= 15 is 0 Å². The summed E-state index contributed by atoms with van der Waals surface area (Å²) in [5.41, 5.74) is 1.62. The van der Waals surface area contributed by atoms with Gasteiger partial charge in [0.15, 0.2) is 0 Å². The van der Waals surface area contributed by atoms with Crippen molar-refractivity contribution in [3.63, 3.8) is 0 Å². The second-order valence-corrected chi connectivity index (χ2v) is 4.16. The number of rotatable bonds is 5. The number of aromatic nitrogens is 4. The molecule has 2 heterocycles. The van der Waals surface area contributed by atoms with E-state index in [9.17, 15) is 10.1 Å². The molecule has 0 bridgehead atoms. The van der Waals surface area contributed by atoms with Gasteiger partial charge in [-0.2, -0.15) is 0 Å². The van der Waals surface area contributed by atoms with Crippen molar-refractivity contribution >= 4 is 11.6 Å². The first-order valence-corrected chi connectivity index (χ1v) is 6.03. The number of hydrogen-bond acceptors (Lipinski definition) is 7. The summed E-state index contributed by atoms with van der Waals surface area (Å²) in [5.74, 6) is 0.212. The minimum atomic E-state index is -0.568. The second-order valence-electron chi connectivity index (χ2n) is 4.16. The SMILES string of the molecule is O=[N+]([O-])c1ccc(CNc2cccc(-n3cnnn3)c2)o1. The summed E-state index contributed by atoms with van der Waals surface area (Å²) in [7, 11) is 0. The third-order valence-electron chi connectivity index (χ3n) is 2.75. The third kappa shape index (κ3) is 2.86. The molecule has 0 aliphatic rings. The van der Waals surface area contributed by atoms with Crippen LogP contribution in [0.4, 0.5) is 11.6 Å². The van der Waals surface area contributed by atoms with E-state index in [1.807, 2.05) is 24.3 Å². The molecule has 0 unspecified atom stereocenters. The molecule has 3 aromatic rings. The molecule has 21 heavy (non-hydrogen) atoms. The van der Waals surface area contributed by atoms with Crippen LogP contribution in [0.25, 0.3) is 5.69 Å². The van der Waals surface area contributed by atoms with Gasteiger partial charge in [0.25, 0.3) is 0 Å². The second kappa shape index (κ2) is 5.41. The zero-order valence-corrected chi connectivity index (χ0v) is 10.7. The molecule has 0 amide bonds. The highest BCUT2D eigenvalue weighted by Crippen LogP contribution is 2.18. The summed E-state index contributed by atoms with van der Waals surface area (Å²) < 4.78 is 6.60. The van der Waals surface area contributed by atoms with Crippen molar-refractivity contribution < 1.29 is 9.34 Å². The maximum Gasteiger partial charge on any atom is 0.433 e. The van der Waals surface area contributed by atoms with E-state index in [1.54, 1.807) is 6.07 Å². The maximum atomic E-state index is 10.5. The van der Waals surface area contributed by atoms with Crippen molar-refractivity contribution in [2.75, 3.05) is 5.32 Å². The predicted octanol–water partition coefficient (Wildman–Crippen LogP) is 1.78. The molecule has 9 nitrogen and oxygen atoms in total. The summed E-state index contributed by atoms with van der Waals surface area (Å²) >= 11 is 0. The number of hydrogen-bond donors (Lipinski definition) is 1. The van der Waals surface area contributed by atoms with Gasteiger partial charge in [-0.3, -0.25) is 10.1 Å². The van der Waals surface area contributed by atoms with Crippen molar-refractivity contribution in [3.8, 4) is 5.69 Å². The average molecular weight is 286 g/mol. The van der Waals surface area contributed by atoms with Crippen LogP contribution < -0.4 is 5.32 Å². The molecule has 1 N–H and O–H groups in total. The monoisotopic (exact) mass is 286 g/mol. The number of nitro groups is 1. The van der Waals surface area contributed by atoms with Crippen LogP contribution >= 0.6 is 0 Å². The smallest absolute Gasteiger partial charge is 0.404 e. The summed E-state index contributed by atoms with van der Waals surface area (Å²) in [4.78, 5) is 9.97. The zero-order chi connectivity index (χ0) is 14.7. The lowest BCUT2D eigenvalue weighted by Gasteiger charge is -2.06. The van der Waals surface area contributed by atoms with Gasteiger partial charge in [0, 0.05) is 5.69 Å². The van der Waals surface area contributed by atoms with Crippen LogP contribution in [0.1, 0.15) is 5.76 Å². The Bertz CT molecular complexity index is 752. The van der Waals surface area contributed by atoms with Gasteiger partial charge in [-0.25, -0.2) is 4.68 Å². The minimum Gasteiger partial charge on any atom is -0.404 e.